The SMILES string of the molecule is N.O=C(O)C(=O)O.O=P(O)(O)O.[H-].[Li+]. The molecule has 0 saturated carbocycles. The standard InChI is InChI=1S/C2H2O4.Li.H3N.H3O4P.H/c3-1(4)2(5)6;;;1-5(2,3)4;/h(H,3,4)(H,5,6);;1H3;(H3,1,2,3,4);/q;+1;;;-1. The number of phosphoric acid groups is 1. The molecule has 0 aliphatic carbocycles. The van der Waals surface area contributed by atoms with Crippen LogP contribution in [0.4, 0.5) is 0 Å². The van der Waals surface area contributed by atoms with Crippen LogP contribution in [0, 0.1) is 0 Å². The Hall–Kier alpha value is -0.393. The summed E-state index contributed by atoms with van der Waals surface area (Å²) in [5.41, 5.74) is 0. The van der Waals surface area contributed by atoms with Gasteiger partial charge in [-0.05, 0) is 0 Å². The van der Waals surface area contributed by atoms with E-state index in [1.165, 1.54) is 0 Å². The first kappa shape index (κ1) is 22.9. The summed E-state index contributed by atoms with van der Waals surface area (Å²) >= 11 is 0. The minimum absolute atomic E-state index is 0. The van der Waals surface area contributed by atoms with Gasteiger partial charge in [0.1, 0.15) is 0 Å². The molecule has 0 aromatic rings. The summed E-state index contributed by atoms with van der Waals surface area (Å²) in [5, 5.41) is 14.8. The first-order valence-electron chi connectivity index (χ1n) is 1.89. The Balaban J connectivity index is -0.0000000321. The Morgan fingerprint density at radius 1 is 1.00 bits per heavy atom. The first-order valence-corrected chi connectivity index (χ1v) is 3.45. The summed E-state index contributed by atoms with van der Waals surface area (Å²) in [6, 6.07) is 0. The average molecular weight is 213 g/mol. The summed E-state index contributed by atoms with van der Waals surface area (Å²) in [4.78, 5) is 39.8. The fourth-order valence-corrected chi connectivity index (χ4v) is 0. The molecule has 0 saturated heterocycles. The van der Waals surface area contributed by atoms with Crippen LogP contribution in [0.3, 0.4) is 0 Å². The van der Waals surface area contributed by atoms with Crippen LogP contribution in [-0.4, -0.2) is 36.8 Å². The fourth-order valence-electron chi connectivity index (χ4n) is 0. The van der Waals surface area contributed by atoms with Gasteiger partial charge in [0.15, 0.2) is 0 Å². The van der Waals surface area contributed by atoms with Gasteiger partial charge in [0.2, 0.25) is 0 Å². The van der Waals surface area contributed by atoms with Gasteiger partial charge in [-0.1, -0.05) is 0 Å². The molecule has 0 aliphatic rings. The van der Waals surface area contributed by atoms with Crippen molar-refractivity contribution in [3.63, 3.8) is 0 Å². The van der Waals surface area contributed by atoms with Crippen LogP contribution >= 0.6 is 7.82 Å². The van der Waals surface area contributed by atoms with E-state index in [0.717, 1.165) is 0 Å². The quantitative estimate of drug-likeness (QED) is 0.131. The zero-order chi connectivity index (χ0) is 9.65. The molecule has 0 spiro atoms. The number of rotatable bonds is 0. The molecule has 0 aromatic heterocycles. The van der Waals surface area contributed by atoms with E-state index < -0.39 is 19.8 Å². The van der Waals surface area contributed by atoms with Crippen molar-refractivity contribution < 1.29 is 59.3 Å². The number of carbonyl (C=O) groups is 2. The summed E-state index contributed by atoms with van der Waals surface area (Å²) in [6.07, 6.45) is 0. The summed E-state index contributed by atoms with van der Waals surface area (Å²) in [6.45, 7) is 0. The Morgan fingerprint density at radius 3 is 1.08 bits per heavy atom. The zero-order valence-electron chi connectivity index (χ0n) is 7.62. The zero-order valence-corrected chi connectivity index (χ0v) is 7.51. The molecule has 0 aromatic carbocycles. The van der Waals surface area contributed by atoms with Crippen molar-refractivity contribution in [2.24, 2.45) is 0 Å². The van der Waals surface area contributed by atoms with Crippen LogP contribution < -0.4 is 25.0 Å². The van der Waals surface area contributed by atoms with Crippen molar-refractivity contribution in [3.8, 4) is 0 Å². The van der Waals surface area contributed by atoms with E-state index in [4.69, 9.17) is 39.0 Å². The normalized spacial score (nSPS) is 7.92. The maximum atomic E-state index is 9.10. The van der Waals surface area contributed by atoms with E-state index in [2.05, 4.69) is 0 Å². The van der Waals surface area contributed by atoms with E-state index in [1.807, 2.05) is 0 Å². The molecular weight excluding hydrogens is 204 g/mol. The van der Waals surface area contributed by atoms with E-state index in [9.17, 15) is 0 Å². The second-order valence-corrected chi connectivity index (χ2v) is 2.15. The van der Waals surface area contributed by atoms with Crippen LogP contribution in [0.2, 0.25) is 0 Å². The molecule has 11 heteroatoms. The van der Waals surface area contributed by atoms with Crippen LogP contribution in [0.25, 0.3) is 0 Å². The summed E-state index contributed by atoms with van der Waals surface area (Å²) in [7, 11) is -4.64. The second kappa shape index (κ2) is 9.69. The smallest absolute Gasteiger partial charge is 1.00 e. The molecule has 8 N–H and O–H groups in total. The Kier molecular flexibility index (Phi) is 17.1. The number of hydrogen-bond acceptors (Lipinski definition) is 4. The summed E-state index contributed by atoms with van der Waals surface area (Å²) in [5.74, 6) is -3.65. The molecule has 9 nitrogen and oxygen atoms in total. The molecule has 13 heavy (non-hydrogen) atoms. The van der Waals surface area contributed by atoms with Gasteiger partial charge in [-0.3, -0.25) is 0 Å². The van der Waals surface area contributed by atoms with Gasteiger partial charge >= 0.3 is 38.6 Å². The van der Waals surface area contributed by atoms with Crippen molar-refractivity contribution in [1.29, 1.82) is 0 Å². The Morgan fingerprint density at radius 2 is 1.08 bits per heavy atom. The third kappa shape index (κ3) is 82.3. The predicted molar refractivity (Wildman–Crippen MR) is 35.7 cm³/mol. The molecule has 0 atom stereocenters. The molecule has 0 rings (SSSR count). The number of hydrogen-bond donors (Lipinski definition) is 6. The first-order chi connectivity index (χ1) is 4.64. The summed E-state index contributed by atoms with van der Waals surface area (Å²) < 4.78 is 8.88. The van der Waals surface area contributed by atoms with Crippen molar-refractivity contribution in [2.45, 2.75) is 0 Å². The van der Waals surface area contributed by atoms with Gasteiger partial charge < -0.3 is 32.5 Å². The van der Waals surface area contributed by atoms with E-state index >= 15 is 0 Å². The molecule has 76 valence electrons. The molecule has 0 aliphatic heterocycles. The second-order valence-electron chi connectivity index (χ2n) is 1.12. The van der Waals surface area contributed by atoms with Crippen molar-refractivity contribution >= 4 is 19.8 Å². The fraction of sp³-hybridized carbons (Fsp3) is 0. The predicted octanol–water partition coefficient (Wildman–Crippen LogP) is -4.49. The molecule has 0 radical (unpaired) electrons. The van der Waals surface area contributed by atoms with Crippen molar-refractivity contribution in [1.82, 2.24) is 6.15 Å². The van der Waals surface area contributed by atoms with Crippen molar-refractivity contribution in [2.75, 3.05) is 0 Å². The molecule has 0 amide bonds. The van der Waals surface area contributed by atoms with Gasteiger partial charge in [0, 0.05) is 0 Å². The van der Waals surface area contributed by atoms with Crippen molar-refractivity contribution in [3.05, 3.63) is 0 Å². The minimum atomic E-state index is -4.64. The molecule has 0 fully saturated rings. The number of aliphatic carboxylic acids is 2. The van der Waals surface area contributed by atoms with E-state index in [0.29, 0.717) is 0 Å². The molecule has 0 heterocycles. The van der Waals surface area contributed by atoms with Gasteiger partial charge in [-0.2, -0.15) is 0 Å². The monoisotopic (exact) mass is 213 g/mol. The largest absolute Gasteiger partial charge is 1.00 e. The maximum absolute atomic E-state index is 9.10. The maximum Gasteiger partial charge on any atom is 1.00 e. The third-order valence-corrected chi connectivity index (χ3v) is 0.183. The minimum Gasteiger partial charge on any atom is -1.00 e. The van der Waals surface area contributed by atoms with Gasteiger partial charge in [-0.15, -0.1) is 0 Å². The van der Waals surface area contributed by atoms with E-state index in [1.54, 1.807) is 0 Å². The van der Waals surface area contributed by atoms with Gasteiger partial charge in [-0.25, -0.2) is 14.2 Å². The topological polar surface area (TPSA) is 187 Å². The molecular formula is C2H9LiNO8P. The molecule has 0 bridgehead atoms. The van der Waals surface area contributed by atoms with Crippen LogP contribution in [-0.2, 0) is 14.2 Å². The Bertz CT molecular complexity index is 183. The van der Waals surface area contributed by atoms with Crippen LogP contribution in [0.5, 0.6) is 0 Å². The van der Waals surface area contributed by atoms with Crippen LogP contribution in [0.15, 0.2) is 0 Å². The average Bonchev–Trinajstić information content (AvgIpc) is 1.59. The number of carboxylic acids is 2. The van der Waals surface area contributed by atoms with Gasteiger partial charge in [0.05, 0.1) is 0 Å². The van der Waals surface area contributed by atoms with Gasteiger partial charge in [0.25, 0.3) is 0 Å². The van der Waals surface area contributed by atoms with Crippen LogP contribution in [0.1, 0.15) is 1.43 Å². The number of carboxylic acid groups (broad SMARTS) is 2. The Labute approximate surface area is 85.9 Å². The van der Waals surface area contributed by atoms with E-state index in [-0.39, 0.29) is 26.4 Å². The molecule has 0 unspecified atom stereocenters. The third-order valence-electron chi connectivity index (χ3n) is 0.183.